The van der Waals surface area contributed by atoms with Crippen LogP contribution in [0.25, 0.3) is 0 Å². The van der Waals surface area contributed by atoms with Crippen molar-refractivity contribution in [3.8, 4) is 0 Å². The van der Waals surface area contributed by atoms with Crippen LogP contribution in [-0.4, -0.2) is 52.0 Å². The van der Waals surface area contributed by atoms with Gasteiger partial charge in [0.05, 0.1) is 6.04 Å². The van der Waals surface area contributed by atoms with Crippen molar-refractivity contribution >= 4 is 29.6 Å². The highest BCUT2D eigenvalue weighted by atomic mass is 32.2. The fraction of sp³-hybridized carbons (Fsp3) is 0.560. The number of thioether (sulfide) groups is 1. The molecule has 3 aliphatic rings. The lowest BCUT2D eigenvalue weighted by atomic mass is 9.81. The minimum absolute atomic E-state index is 0.0276. The first kappa shape index (κ1) is 23.8. The van der Waals surface area contributed by atoms with Crippen LogP contribution < -0.4 is 5.32 Å². The Hall–Kier alpha value is -2.35. The van der Waals surface area contributed by atoms with Crippen LogP contribution in [0.15, 0.2) is 35.7 Å². The van der Waals surface area contributed by atoms with Gasteiger partial charge in [0.25, 0.3) is 0 Å². The number of carbonyl (C=O) groups excluding carboxylic acids is 3. The number of imide groups is 1. The molecular weight excluding hydrogens is 441 g/mol. The van der Waals surface area contributed by atoms with Crippen molar-refractivity contribution in [2.75, 3.05) is 13.1 Å². The highest BCUT2D eigenvalue weighted by molar-refractivity contribution is 8.03. The molecule has 1 N–H and O–H groups in total. The van der Waals surface area contributed by atoms with Crippen LogP contribution in [0.5, 0.6) is 0 Å². The van der Waals surface area contributed by atoms with E-state index in [1.807, 2.05) is 11.5 Å². The number of halogens is 1. The summed E-state index contributed by atoms with van der Waals surface area (Å²) in [6, 6.07) is 5.57. The van der Waals surface area contributed by atoms with Crippen LogP contribution in [0, 0.1) is 17.7 Å². The number of unbranched alkanes of at least 4 members (excludes halogenated alkanes) is 1. The lowest BCUT2D eigenvalue weighted by Gasteiger charge is -2.43. The van der Waals surface area contributed by atoms with Gasteiger partial charge in [-0.25, -0.2) is 9.18 Å². The molecule has 178 valence electrons. The van der Waals surface area contributed by atoms with Gasteiger partial charge in [0.15, 0.2) is 0 Å². The molecule has 1 aromatic carbocycles. The van der Waals surface area contributed by atoms with Gasteiger partial charge in [-0.2, -0.15) is 0 Å². The van der Waals surface area contributed by atoms with E-state index in [0.29, 0.717) is 13.1 Å². The summed E-state index contributed by atoms with van der Waals surface area (Å²) in [7, 11) is 0. The Labute approximate surface area is 199 Å². The number of nitrogens with zero attached hydrogens (tertiary/aromatic N) is 2. The molecule has 1 saturated heterocycles. The van der Waals surface area contributed by atoms with Crippen LogP contribution >= 0.6 is 11.8 Å². The number of rotatable bonds is 8. The van der Waals surface area contributed by atoms with Gasteiger partial charge in [0.2, 0.25) is 11.8 Å². The van der Waals surface area contributed by atoms with E-state index in [2.05, 4.69) is 12.2 Å². The Morgan fingerprint density at radius 3 is 2.58 bits per heavy atom. The monoisotopic (exact) mass is 473 g/mol. The number of hydrogen-bond donors (Lipinski definition) is 1. The molecule has 2 unspecified atom stereocenters. The fourth-order valence-electron chi connectivity index (χ4n) is 4.92. The highest BCUT2D eigenvalue weighted by Crippen LogP contribution is 2.37. The molecule has 0 radical (unpaired) electrons. The molecule has 0 bridgehead atoms. The average molecular weight is 474 g/mol. The quantitative estimate of drug-likeness (QED) is 0.571. The van der Waals surface area contributed by atoms with Gasteiger partial charge in [0, 0.05) is 25.6 Å². The highest BCUT2D eigenvalue weighted by Gasteiger charge is 2.47. The van der Waals surface area contributed by atoms with Gasteiger partial charge in [-0.1, -0.05) is 31.6 Å². The van der Waals surface area contributed by atoms with Gasteiger partial charge >= 0.3 is 6.03 Å². The fourth-order valence-corrected chi connectivity index (χ4v) is 5.98. The summed E-state index contributed by atoms with van der Waals surface area (Å²) < 4.78 is 13.3. The SMILES string of the molecule is CCCCNC(=O)C1CCC(CN2C(=O)C3SC=CC3N(Cc3ccc(F)cc3)C2=O)CC1. The molecule has 33 heavy (non-hydrogen) atoms. The van der Waals surface area contributed by atoms with E-state index in [-0.39, 0.29) is 46.8 Å². The number of amides is 4. The van der Waals surface area contributed by atoms with Crippen LogP contribution in [0.2, 0.25) is 0 Å². The molecule has 1 saturated carbocycles. The van der Waals surface area contributed by atoms with Gasteiger partial charge in [-0.05, 0) is 61.1 Å². The first-order valence-electron chi connectivity index (χ1n) is 11.9. The summed E-state index contributed by atoms with van der Waals surface area (Å²) in [6.07, 6.45) is 7.21. The van der Waals surface area contributed by atoms with Gasteiger partial charge in [-0.3, -0.25) is 14.5 Å². The second kappa shape index (κ2) is 10.7. The van der Waals surface area contributed by atoms with Crippen molar-refractivity contribution in [3.05, 3.63) is 47.1 Å². The zero-order valence-corrected chi connectivity index (χ0v) is 19.9. The molecule has 1 aromatic rings. The summed E-state index contributed by atoms with van der Waals surface area (Å²) >= 11 is 1.45. The zero-order chi connectivity index (χ0) is 23.4. The third-order valence-corrected chi connectivity index (χ3v) is 8.00. The maximum atomic E-state index is 13.4. The van der Waals surface area contributed by atoms with E-state index in [9.17, 15) is 18.8 Å². The Balaban J connectivity index is 1.38. The second-order valence-electron chi connectivity index (χ2n) is 9.22. The van der Waals surface area contributed by atoms with Gasteiger partial charge in [-0.15, -0.1) is 11.8 Å². The molecule has 8 heteroatoms. The molecule has 2 atom stereocenters. The average Bonchev–Trinajstić information content (AvgIpc) is 3.31. The maximum Gasteiger partial charge on any atom is 0.327 e. The Morgan fingerprint density at radius 2 is 1.88 bits per heavy atom. The molecular formula is C25H32FN3O3S. The first-order chi connectivity index (χ1) is 16.0. The summed E-state index contributed by atoms with van der Waals surface area (Å²) in [5, 5.41) is 4.59. The minimum Gasteiger partial charge on any atom is -0.356 e. The van der Waals surface area contributed by atoms with E-state index in [1.54, 1.807) is 17.0 Å². The number of nitrogens with one attached hydrogen (secondary N) is 1. The summed E-state index contributed by atoms with van der Waals surface area (Å²) in [4.78, 5) is 42.1. The summed E-state index contributed by atoms with van der Waals surface area (Å²) in [5.74, 6) is -0.0751. The van der Waals surface area contributed by atoms with Crippen LogP contribution in [0.4, 0.5) is 9.18 Å². The third kappa shape index (κ3) is 5.42. The predicted octanol–water partition coefficient (Wildman–Crippen LogP) is 4.31. The Morgan fingerprint density at radius 1 is 1.15 bits per heavy atom. The van der Waals surface area contributed by atoms with Crippen LogP contribution in [0.3, 0.4) is 0 Å². The van der Waals surface area contributed by atoms with E-state index in [4.69, 9.17) is 0 Å². The molecule has 1 aliphatic carbocycles. The largest absolute Gasteiger partial charge is 0.356 e. The van der Waals surface area contributed by atoms with Crippen molar-refractivity contribution < 1.29 is 18.8 Å². The maximum absolute atomic E-state index is 13.4. The van der Waals surface area contributed by atoms with Gasteiger partial charge in [0.1, 0.15) is 11.1 Å². The Bertz CT molecular complexity index is 899. The van der Waals surface area contributed by atoms with E-state index in [0.717, 1.165) is 50.6 Å². The lowest BCUT2D eigenvalue weighted by molar-refractivity contribution is -0.132. The summed E-state index contributed by atoms with van der Waals surface area (Å²) in [6.45, 7) is 3.55. The van der Waals surface area contributed by atoms with Crippen molar-refractivity contribution in [1.82, 2.24) is 15.1 Å². The van der Waals surface area contributed by atoms with Crippen LogP contribution in [-0.2, 0) is 16.1 Å². The molecule has 4 amide bonds. The predicted molar refractivity (Wildman–Crippen MR) is 127 cm³/mol. The van der Waals surface area contributed by atoms with Crippen LogP contribution in [0.1, 0.15) is 51.0 Å². The Kier molecular flexibility index (Phi) is 7.73. The number of carbonyl (C=O) groups is 3. The third-order valence-electron chi connectivity index (χ3n) is 6.91. The number of fused-ring (bicyclic) bond motifs is 1. The standard InChI is InChI=1S/C25H32FN3O3S/c1-2-3-13-27-23(30)19-8-4-17(5-9-19)16-29-24(31)22-21(12-14-33-22)28(25(29)32)15-18-6-10-20(26)11-7-18/h6-7,10-12,14,17,19,21-22H,2-5,8-9,13,15-16H2,1H3,(H,27,30). The first-order valence-corrected chi connectivity index (χ1v) is 12.9. The molecule has 0 spiro atoms. The molecule has 4 rings (SSSR count). The van der Waals surface area contributed by atoms with Crippen molar-refractivity contribution in [2.45, 2.75) is 63.3 Å². The lowest BCUT2D eigenvalue weighted by Crippen LogP contribution is -2.62. The second-order valence-corrected chi connectivity index (χ2v) is 10.3. The number of benzene rings is 1. The number of urea groups is 1. The zero-order valence-electron chi connectivity index (χ0n) is 19.0. The number of hydrogen-bond acceptors (Lipinski definition) is 4. The smallest absolute Gasteiger partial charge is 0.327 e. The molecule has 0 aromatic heterocycles. The van der Waals surface area contributed by atoms with Crippen molar-refractivity contribution in [1.29, 1.82) is 0 Å². The van der Waals surface area contributed by atoms with Crippen molar-refractivity contribution in [2.24, 2.45) is 11.8 Å². The topological polar surface area (TPSA) is 69.7 Å². The minimum atomic E-state index is -0.330. The van der Waals surface area contributed by atoms with Gasteiger partial charge < -0.3 is 10.2 Å². The summed E-state index contributed by atoms with van der Waals surface area (Å²) in [5.41, 5.74) is 0.831. The normalized spacial score (nSPS) is 27.1. The van der Waals surface area contributed by atoms with E-state index >= 15 is 0 Å². The molecule has 2 aliphatic heterocycles. The molecule has 2 fully saturated rings. The van der Waals surface area contributed by atoms with E-state index in [1.165, 1.54) is 28.8 Å². The molecule has 6 nitrogen and oxygen atoms in total. The van der Waals surface area contributed by atoms with Crippen molar-refractivity contribution in [3.63, 3.8) is 0 Å². The molecule has 2 heterocycles. The van der Waals surface area contributed by atoms with E-state index < -0.39 is 0 Å².